The summed E-state index contributed by atoms with van der Waals surface area (Å²) in [4.78, 5) is 12.0. The van der Waals surface area contributed by atoms with E-state index >= 15 is 0 Å². The molecule has 1 N–H and O–H groups in total. The lowest BCUT2D eigenvalue weighted by atomic mass is 10.1. The second-order valence-corrected chi connectivity index (χ2v) is 7.41. The molecule has 0 aliphatic heterocycles. The van der Waals surface area contributed by atoms with Crippen LogP contribution in [0.1, 0.15) is 11.3 Å². The summed E-state index contributed by atoms with van der Waals surface area (Å²) >= 11 is 0. The zero-order valence-electron chi connectivity index (χ0n) is 14.4. The van der Waals surface area contributed by atoms with Gasteiger partial charge in [-0.05, 0) is 24.6 Å². The van der Waals surface area contributed by atoms with E-state index in [2.05, 4.69) is 10.5 Å². The summed E-state index contributed by atoms with van der Waals surface area (Å²) < 4.78 is 34.8. The van der Waals surface area contributed by atoms with Crippen molar-refractivity contribution in [2.45, 2.75) is 13.3 Å². The van der Waals surface area contributed by atoms with E-state index in [1.54, 1.807) is 38.3 Å². The van der Waals surface area contributed by atoms with Gasteiger partial charge in [-0.15, -0.1) is 0 Å². The largest absolute Gasteiger partial charge is 0.497 e. The zero-order valence-corrected chi connectivity index (χ0v) is 15.2. The van der Waals surface area contributed by atoms with Gasteiger partial charge in [0, 0.05) is 12.6 Å². The molecule has 0 radical (unpaired) electrons. The molecular weight excluding hydrogens is 346 g/mol. The Balaban J connectivity index is 1.89. The normalized spacial score (nSPS) is 11.2. The molecule has 0 bridgehead atoms. The van der Waals surface area contributed by atoms with Crippen molar-refractivity contribution in [1.29, 1.82) is 0 Å². The number of rotatable bonds is 8. The summed E-state index contributed by atoms with van der Waals surface area (Å²) in [6.07, 6.45) is 1.28. The number of hydrogen-bond donors (Lipinski definition) is 1. The lowest BCUT2D eigenvalue weighted by Crippen LogP contribution is -2.38. The van der Waals surface area contributed by atoms with Gasteiger partial charge in [0.1, 0.15) is 11.5 Å². The summed E-state index contributed by atoms with van der Waals surface area (Å²) in [6, 6.07) is 8.70. The Labute approximate surface area is 146 Å². The van der Waals surface area contributed by atoms with Gasteiger partial charge < -0.3 is 14.6 Å². The second-order valence-electron chi connectivity index (χ2n) is 5.51. The number of nitrogens with zero attached hydrogens (tertiary/aromatic N) is 2. The van der Waals surface area contributed by atoms with E-state index in [1.807, 2.05) is 0 Å². The van der Waals surface area contributed by atoms with E-state index in [0.717, 1.165) is 21.9 Å². The fourth-order valence-corrected chi connectivity index (χ4v) is 3.06. The number of aromatic nitrogens is 1. The average molecular weight is 367 g/mol. The molecule has 25 heavy (non-hydrogen) atoms. The Morgan fingerprint density at radius 3 is 2.52 bits per heavy atom. The van der Waals surface area contributed by atoms with Crippen molar-refractivity contribution in [3.05, 3.63) is 41.7 Å². The van der Waals surface area contributed by atoms with Crippen LogP contribution in [0.2, 0.25) is 0 Å². The minimum Gasteiger partial charge on any atom is -0.497 e. The summed E-state index contributed by atoms with van der Waals surface area (Å²) in [7, 11) is -1.95. The molecule has 1 aromatic carbocycles. The highest BCUT2D eigenvalue weighted by atomic mass is 32.2. The standard InChI is InChI=1S/C16H21N3O5S/c1-12-10-15(18-24-12)19(25(3,21)22)9-8-17-16(20)11-13-4-6-14(23-2)7-5-13/h4-7,10H,8-9,11H2,1-3H3,(H,17,20). The fraction of sp³-hybridized carbons (Fsp3) is 0.375. The smallest absolute Gasteiger partial charge is 0.233 e. The number of ether oxygens (including phenoxy) is 1. The molecule has 2 rings (SSSR count). The highest BCUT2D eigenvalue weighted by Gasteiger charge is 2.20. The number of methoxy groups -OCH3 is 1. The zero-order chi connectivity index (χ0) is 18.4. The van der Waals surface area contributed by atoms with Crippen LogP contribution in [0, 0.1) is 6.92 Å². The van der Waals surface area contributed by atoms with E-state index in [1.165, 1.54) is 6.07 Å². The number of carbonyl (C=O) groups is 1. The van der Waals surface area contributed by atoms with Crippen molar-refractivity contribution in [2.75, 3.05) is 30.8 Å². The van der Waals surface area contributed by atoms with Crippen LogP contribution in [-0.4, -0.2) is 45.9 Å². The Bertz CT molecular complexity index is 815. The quantitative estimate of drug-likeness (QED) is 0.750. The molecule has 0 fully saturated rings. The van der Waals surface area contributed by atoms with Crippen LogP contribution in [0.25, 0.3) is 0 Å². The Morgan fingerprint density at radius 1 is 1.32 bits per heavy atom. The van der Waals surface area contributed by atoms with Gasteiger partial charge in [-0.2, -0.15) is 0 Å². The van der Waals surface area contributed by atoms with Crippen molar-refractivity contribution in [3.8, 4) is 5.75 Å². The number of amides is 1. The van der Waals surface area contributed by atoms with Crippen LogP contribution in [0.3, 0.4) is 0 Å². The number of benzene rings is 1. The molecule has 0 saturated carbocycles. The SMILES string of the molecule is COc1ccc(CC(=O)NCCN(c2cc(C)on2)S(C)(=O)=O)cc1. The molecule has 2 aromatic rings. The maximum absolute atomic E-state index is 12.0. The van der Waals surface area contributed by atoms with Crippen molar-refractivity contribution in [2.24, 2.45) is 0 Å². The number of sulfonamides is 1. The number of carbonyl (C=O) groups excluding carboxylic acids is 1. The number of aryl methyl sites for hydroxylation is 1. The maximum atomic E-state index is 12.0. The molecule has 1 amide bonds. The Hall–Kier alpha value is -2.55. The molecule has 0 unspecified atom stereocenters. The molecule has 0 saturated heterocycles. The molecule has 1 heterocycles. The van der Waals surface area contributed by atoms with E-state index in [0.29, 0.717) is 5.76 Å². The third kappa shape index (κ3) is 5.49. The summed E-state index contributed by atoms with van der Waals surface area (Å²) in [5, 5.41) is 6.42. The van der Waals surface area contributed by atoms with Gasteiger partial charge in [-0.3, -0.25) is 4.79 Å². The van der Waals surface area contributed by atoms with Gasteiger partial charge in [-0.1, -0.05) is 17.3 Å². The lowest BCUT2D eigenvalue weighted by Gasteiger charge is -2.19. The van der Waals surface area contributed by atoms with Crippen molar-refractivity contribution >= 4 is 21.7 Å². The van der Waals surface area contributed by atoms with Gasteiger partial charge in [-0.25, -0.2) is 12.7 Å². The lowest BCUT2D eigenvalue weighted by molar-refractivity contribution is -0.120. The first-order valence-corrected chi connectivity index (χ1v) is 9.45. The first-order valence-electron chi connectivity index (χ1n) is 7.60. The van der Waals surface area contributed by atoms with Crippen LogP contribution in [-0.2, 0) is 21.2 Å². The van der Waals surface area contributed by atoms with Gasteiger partial charge >= 0.3 is 0 Å². The van der Waals surface area contributed by atoms with Crippen LogP contribution >= 0.6 is 0 Å². The molecule has 8 nitrogen and oxygen atoms in total. The van der Waals surface area contributed by atoms with Gasteiger partial charge in [0.15, 0.2) is 5.82 Å². The van der Waals surface area contributed by atoms with Crippen LogP contribution in [0.4, 0.5) is 5.82 Å². The maximum Gasteiger partial charge on any atom is 0.233 e. The van der Waals surface area contributed by atoms with E-state index in [-0.39, 0.29) is 31.2 Å². The molecular formula is C16H21N3O5S. The number of hydrogen-bond acceptors (Lipinski definition) is 6. The summed E-state index contributed by atoms with van der Waals surface area (Å²) in [5.74, 6) is 1.22. The van der Waals surface area contributed by atoms with Gasteiger partial charge in [0.25, 0.3) is 0 Å². The third-order valence-corrected chi connectivity index (χ3v) is 4.60. The molecule has 136 valence electrons. The average Bonchev–Trinajstić information content (AvgIpc) is 2.97. The molecule has 0 aliphatic rings. The molecule has 0 aliphatic carbocycles. The molecule has 1 aromatic heterocycles. The van der Waals surface area contributed by atoms with Crippen molar-refractivity contribution < 1.29 is 22.5 Å². The fourth-order valence-electron chi connectivity index (χ4n) is 2.21. The van der Waals surface area contributed by atoms with E-state index < -0.39 is 10.0 Å². The Kier molecular flexibility index (Phi) is 6.02. The highest BCUT2D eigenvalue weighted by Crippen LogP contribution is 2.16. The highest BCUT2D eigenvalue weighted by molar-refractivity contribution is 7.92. The van der Waals surface area contributed by atoms with Crippen LogP contribution in [0.5, 0.6) is 5.75 Å². The van der Waals surface area contributed by atoms with Gasteiger partial charge in [0.2, 0.25) is 15.9 Å². The van der Waals surface area contributed by atoms with Crippen LogP contribution < -0.4 is 14.4 Å². The van der Waals surface area contributed by atoms with Crippen molar-refractivity contribution in [3.63, 3.8) is 0 Å². The third-order valence-electron chi connectivity index (χ3n) is 3.43. The number of nitrogens with one attached hydrogen (secondary N) is 1. The number of anilines is 1. The first-order chi connectivity index (χ1) is 11.8. The first kappa shape index (κ1) is 18.8. The minimum absolute atomic E-state index is 0.0686. The predicted molar refractivity (Wildman–Crippen MR) is 93.1 cm³/mol. The summed E-state index contributed by atoms with van der Waals surface area (Å²) in [6.45, 7) is 1.90. The topological polar surface area (TPSA) is 102 Å². The molecule has 9 heteroatoms. The van der Waals surface area contributed by atoms with E-state index in [4.69, 9.17) is 9.26 Å². The van der Waals surface area contributed by atoms with Crippen LogP contribution in [0.15, 0.2) is 34.9 Å². The molecule has 0 atom stereocenters. The van der Waals surface area contributed by atoms with E-state index in [9.17, 15) is 13.2 Å². The second kappa shape index (κ2) is 8.02. The summed E-state index contributed by atoms with van der Waals surface area (Å²) in [5.41, 5.74) is 0.838. The minimum atomic E-state index is -3.52. The van der Waals surface area contributed by atoms with Gasteiger partial charge in [0.05, 0.1) is 26.3 Å². The molecule has 0 spiro atoms. The van der Waals surface area contributed by atoms with Crippen molar-refractivity contribution in [1.82, 2.24) is 10.5 Å². The Morgan fingerprint density at radius 2 is 2.00 bits per heavy atom. The predicted octanol–water partition coefficient (Wildman–Crippen LogP) is 1.12. The monoisotopic (exact) mass is 367 g/mol.